The molecule has 2 heteroatoms. The molecule has 0 spiro atoms. The molecule has 4 bridgehead atoms. The Balaban J connectivity index is 1.96. The normalized spacial score (nSPS) is 55.7. The van der Waals surface area contributed by atoms with E-state index in [0.717, 1.165) is 11.8 Å². The zero-order valence-corrected chi connectivity index (χ0v) is 10.2. The summed E-state index contributed by atoms with van der Waals surface area (Å²) < 4.78 is 0.397. The second kappa shape index (κ2) is 2.70. The average molecular weight is 211 g/mol. The van der Waals surface area contributed by atoms with Crippen molar-refractivity contribution in [3.63, 3.8) is 0 Å². The molecular formula is C12H21NS. The molecular weight excluding hydrogens is 190 g/mol. The summed E-state index contributed by atoms with van der Waals surface area (Å²) in [7, 11) is 4.54. The molecule has 4 aliphatic carbocycles. The van der Waals surface area contributed by atoms with Gasteiger partial charge >= 0.3 is 0 Å². The predicted molar refractivity (Wildman–Crippen MR) is 62.8 cm³/mol. The molecule has 80 valence electrons. The number of rotatable bonds is 1. The highest BCUT2D eigenvalue weighted by atomic mass is 32.1. The van der Waals surface area contributed by atoms with Gasteiger partial charge in [0.1, 0.15) is 0 Å². The van der Waals surface area contributed by atoms with E-state index in [0.29, 0.717) is 10.3 Å². The minimum atomic E-state index is 0.397. The maximum Gasteiger partial charge on any atom is 0.0221 e. The first kappa shape index (κ1) is 9.53. The van der Waals surface area contributed by atoms with Crippen LogP contribution in [0.4, 0.5) is 0 Å². The third-order valence-electron chi connectivity index (χ3n) is 4.95. The Kier molecular flexibility index (Phi) is 1.84. The van der Waals surface area contributed by atoms with Crippen LogP contribution in [-0.4, -0.2) is 29.3 Å². The van der Waals surface area contributed by atoms with E-state index < -0.39 is 0 Å². The Labute approximate surface area is 92.7 Å². The predicted octanol–water partition coefficient (Wildman–Crippen LogP) is 2.57. The maximum absolute atomic E-state index is 4.97. The summed E-state index contributed by atoms with van der Waals surface area (Å²) in [6, 6.07) is 0. The van der Waals surface area contributed by atoms with Gasteiger partial charge in [-0.1, -0.05) is 0 Å². The second-order valence-corrected chi connectivity index (χ2v) is 7.25. The fourth-order valence-corrected chi connectivity index (χ4v) is 5.50. The van der Waals surface area contributed by atoms with Crippen LogP contribution >= 0.6 is 12.6 Å². The summed E-state index contributed by atoms with van der Waals surface area (Å²) in [4.78, 5) is 2.50. The van der Waals surface area contributed by atoms with E-state index in [4.69, 9.17) is 12.6 Å². The van der Waals surface area contributed by atoms with Crippen molar-refractivity contribution in [2.24, 2.45) is 11.8 Å². The van der Waals surface area contributed by atoms with Crippen molar-refractivity contribution in [1.29, 1.82) is 0 Å². The first-order chi connectivity index (χ1) is 6.51. The fourth-order valence-electron chi connectivity index (χ4n) is 4.69. The van der Waals surface area contributed by atoms with Gasteiger partial charge in [-0.3, -0.25) is 0 Å². The van der Waals surface area contributed by atoms with Gasteiger partial charge in [-0.25, -0.2) is 0 Å². The van der Waals surface area contributed by atoms with Crippen molar-refractivity contribution in [2.75, 3.05) is 14.1 Å². The third kappa shape index (κ3) is 1.19. The summed E-state index contributed by atoms with van der Waals surface area (Å²) >= 11 is 4.97. The highest BCUT2D eigenvalue weighted by molar-refractivity contribution is 7.81. The average Bonchev–Trinajstić information content (AvgIpc) is 1.98. The molecule has 0 aromatic carbocycles. The van der Waals surface area contributed by atoms with E-state index >= 15 is 0 Å². The number of hydrogen-bond donors (Lipinski definition) is 1. The zero-order valence-electron chi connectivity index (χ0n) is 9.29. The third-order valence-corrected chi connectivity index (χ3v) is 5.47. The molecule has 2 atom stereocenters. The summed E-state index contributed by atoms with van der Waals surface area (Å²) in [5, 5.41) is 0. The number of nitrogens with zero attached hydrogens (tertiary/aromatic N) is 1. The molecule has 0 aromatic rings. The molecule has 0 heterocycles. The molecule has 0 radical (unpaired) electrons. The van der Waals surface area contributed by atoms with Crippen LogP contribution in [0.25, 0.3) is 0 Å². The van der Waals surface area contributed by atoms with Crippen molar-refractivity contribution in [3.8, 4) is 0 Å². The minimum absolute atomic E-state index is 0.397. The van der Waals surface area contributed by atoms with Gasteiger partial charge in [-0.05, 0) is 64.5 Å². The lowest BCUT2D eigenvalue weighted by molar-refractivity contribution is -0.0563. The summed E-state index contributed by atoms with van der Waals surface area (Å²) in [6.07, 6.45) is 8.50. The number of hydrogen-bond acceptors (Lipinski definition) is 2. The molecule has 0 saturated heterocycles. The van der Waals surface area contributed by atoms with E-state index in [2.05, 4.69) is 19.0 Å². The van der Waals surface area contributed by atoms with Gasteiger partial charge in [-0.15, -0.1) is 0 Å². The monoisotopic (exact) mass is 211 g/mol. The topological polar surface area (TPSA) is 3.24 Å². The lowest BCUT2D eigenvalue weighted by Crippen LogP contribution is -2.62. The standard InChI is InChI=1S/C12H21NS/c1-13(2)11-4-9-3-10(5-11)7-12(14,6-9)8-11/h9-10,14H,3-8H2,1-2H3. The maximum atomic E-state index is 4.97. The van der Waals surface area contributed by atoms with Crippen LogP contribution in [0.1, 0.15) is 38.5 Å². The van der Waals surface area contributed by atoms with Crippen LogP contribution in [0.3, 0.4) is 0 Å². The molecule has 0 aromatic heterocycles. The molecule has 0 N–H and O–H groups in total. The lowest BCUT2D eigenvalue weighted by Gasteiger charge is -2.62. The summed E-state index contributed by atoms with van der Waals surface area (Å²) in [5.41, 5.74) is 0.520. The van der Waals surface area contributed by atoms with Crippen molar-refractivity contribution >= 4 is 12.6 Å². The molecule has 4 fully saturated rings. The van der Waals surface area contributed by atoms with Crippen LogP contribution in [0.15, 0.2) is 0 Å². The van der Waals surface area contributed by atoms with Crippen LogP contribution < -0.4 is 0 Å². The van der Waals surface area contributed by atoms with Crippen LogP contribution in [0, 0.1) is 11.8 Å². The van der Waals surface area contributed by atoms with Gasteiger partial charge in [0.15, 0.2) is 0 Å². The summed E-state index contributed by atoms with van der Waals surface area (Å²) in [5.74, 6) is 1.97. The summed E-state index contributed by atoms with van der Waals surface area (Å²) in [6.45, 7) is 0. The van der Waals surface area contributed by atoms with Gasteiger partial charge in [-0.2, -0.15) is 12.6 Å². The van der Waals surface area contributed by atoms with E-state index in [1.54, 1.807) is 0 Å². The fraction of sp³-hybridized carbons (Fsp3) is 1.00. The Morgan fingerprint density at radius 1 is 1.07 bits per heavy atom. The SMILES string of the molecule is CN(C)C12CC3CC(CC(S)(C3)C1)C2. The molecule has 4 rings (SSSR count). The van der Waals surface area contributed by atoms with Crippen molar-refractivity contribution < 1.29 is 0 Å². The molecule has 4 saturated carbocycles. The quantitative estimate of drug-likeness (QED) is 0.652. The van der Waals surface area contributed by atoms with E-state index in [9.17, 15) is 0 Å². The van der Waals surface area contributed by atoms with Crippen molar-refractivity contribution in [3.05, 3.63) is 0 Å². The van der Waals surface area contributed by atoms with E-state index in [1.165, 1.54) is 38.5 Å². The molecule has 14 heavy (non-hydrogen) atoms. The highest BCUT2D eigenvalue weighted by Gasteiger charge is 2.57. The molecule has 1 nitrogen and oxygen atoms in total. The Hall–Kier alpha value is 0.310. The van der Waals surface area contributed by atoms with Crippen molar-refractivity contribution in [1.82, 2.24) is 4.90 Å². The second-order valence-electron chi connectivity index (χ2n) is 6.30. The Bertz CT molecular complexity index is 247. The Morgan fingerprint density at radius 3 is 2.07 bits per heavy atom. The molecule has 2 unspecified atom stereocenters. The van der Waals surface area contributed by atoms with Crippen molar-refractivity contribution in [2.45, 2.75) is 48.8 Å². The van der Waals surface area contributed by atoms with Gasteiger partial charge in [0.05, 0.1) is 0 Å². The Morgan fingerprint density at radius 2 is 1.64 bits per heavy atom. The van der Waals surface area contributed by atoms with Crippen LogP contribution in [-0.2, 0) is 0 Å². The van der Waals surface area contributed by atoms with Gasteiger partial charge in [0, 0.05) is 10.3 Å². The minimum Gasteiger partial charge on any atom is -0.304 e. The first-order valence-corrected chi connectivity index (χ1v) is 6.36. The largest absolute Gasteiger partial charge is 0.304 e. The number of thiol groups is 1. The lowest BCUT2D eigenvalue weighted by atomic mass is 9.52. The van der Waals surface area contributed by atoms with Crippen LogP contribution in [0.2, 0.25) is 0 Å². The molecule has 4 aliphatic rings. The van der Waals surface area contributed by atoms with Gasteiger partial charge in [0.2, 0.25) is 0 Å². The van der Waals surface area contributed by atoms with Gasteiger partial charge in [0.25, 0.3) is 0 Å². The van der Waals surface area contributed by atoms with E-state index in [1.807, 2.05) is 0 Å². The molecule has 0 aliphatic heterocycles. The van der Waals surface area contributed by atoms with Crippen LogP contribution in [0.5, 0.6) is 0 Å². The highest BCUT2D eigenvalue weighted by Crippen LogP contribution is 2.61. The zero-order chi connectivity index (χ0) is 9.97. The van der Waals surface area contributed by atoms with E-state index in [-0.39, 0.29) is 0 Å². The molecule has 0 amide bonds. The van der Waals surface area contributed by atoms with Gasteiger partial charge < -0.3 is 4.90 Å². The first-order valence-electron chi connectivity index (χ1n) is 5.91. The smallest absolute Gasteiger partial charge is 0.0221 e.